The van der Waals surface area contributed by atoms with E-state index in [1.54, 1.807) is 0 Å². The maximum Gasteiger partial charge on any atom is 0.0566 e. The Morgan fingerprint density at radius 2 is 0.863 bits per heavy atom. The van der Waals surface area contributed by atoms with Crippen molar-refractivity contribution in [3.05, 3.63) is 83.9 Å². The van der Waals surface area contributed by atoms with Crippen molar-refractivity contribution in [2.45, 2.75) is 98.3 Å². The van der Waals surface area contributed by atoms with Gasteiger partial charge in [-0.1, -0.05) is 95.5 Å². The smallest absolute Gasteiger partial charge is 0.0566 e. The van der Waals surface area contributed by atoms with Crippen molar-refractivity contribution in [3.63, 3.8) is 0 Å². The Kier molecular flexibility index (Phi) is 15.8. The summed E-state index contributed by atoms with van der Waals surface area (Å²) in [6.45, 7) is 11.5. The summed E-state index contributed by atoms with van der Waals surface area (Å²) in [6.07, 6.45) is 14.4. The predicted octanol–water partition coefficient (Wildman–Crippen LogP) is 12.5. The molecule has 0 bridgehead atoms. The van der Waals surface area contributed by atoms with E-state index in [0.717, 1.165) is 91.4 Å². The van der Waals surface area contributed by atoms with Gasteiger partial charge in [-0.3, -0.25) is 0 Å². The maximum atomic E-state index is 5.96. The number of aryl methyl sites for hydroxylation is 2. The number of ether oxygens (including phenoxy) is 4. The zero-order chi connectivity index (χ0) is 34.5. The molecule has 2 aliphatic rings. The molecule has 4 aromatic rings. The van der Waals surface area contributed by atoms with Gasteiger partial charge in [-0.25, -0.2) is 0 Å². The highest BCUT2D eigenvalue weighted by Gasteiger charge is 2.37. The Balaban J connectivity index is 0.00000504. The third-order valence-electron chi connectivity index (χ3n) is 10.9. The molecule has 0 spiro atoms. The van der Waals surface area contributed by atoms with E-state index in [1.807, 2.05) is 22.7 Å². The highest BCUT2D eigenvalue weighted by molar-refractivity contribution is 7.25. The summed E-state index contributed by atoms with van der Waals surface area (Å²) in [5.41, 5.74) is 6.11. The number of hydrogen-bond donors (Lipinski definition) is 0. The second-order valence-electron chi connectivity index (χ2n) is 14.8. The fraction of sp³-hybridized carbons (Fsp3) is 0.556. The molecule has 4 heterocycles. The highest BCUT2D eigenvalue weighted by Crippen LogP contribution is 2.40. The lowest BCUT2D eigenvalue weighted by molar-refractivity contribution is -0.150. The molecule has 2 saturated heterocycles. The second-order valence-corrected chi connectivity index (χ2v) is 17.0. The summed E-state index contributed by atoms with van der Waals surface area (Å²) in [5.74, 6) is 0. The Morgan fingerprint density at radius 1 is 0.490 bits per heavy atom. The van der Waals surface area contributed by atoms with Gasteiger partial charge in [0.25, 0.3) is 0 Å². The van der Waals surface area contributed by atoms with E-state index in [0.29, 0.717) is 10.8 Å². The van der Waals surface area contributed by atoms with Gasteiger partial charge < -0.3 is 18.9 Å². The van der Waals surface area contributed by atoms with Gasteiger partial charge in [-0.2, -0.15) is 0 Å². The first-order valence-electron chi connectivity index (χ1n) is 19.3. The van der Waals surface area contributed by atoms with Crippen LogP contribution < -0.4 is 0 Å². The number of rotatable bonds is 23. The summed E-state index contributed by atoms with van der Waals surface area (Å²) >= 11 is 3.79. The molecular formula is C45H62O4S2. The van der Waals surface area contributed by atoms with Crippen LogP contribution in [0.1, 0.15) is 96.6 Å². The zero-order valence-electron chi connectivity index (χ0n) is 30.5. The number of thiophene rings is 2. The van der Waals surface area contributed by atoms with E-state index in [1.165, 1.54) is 80.3 Å². The summed E-state index contributed by atoms with van der Waals surface area (Å²) in [4.78, 5) is 5.37. The van der Waals surface area contributed by atoms with E-state index >= 15 is 0 Å². The van der Waals surface area contributed by atoms with E-state index in [4.69, 9.17) is 18.9 Å². The van der Waals surface area contributed by atoms with Crippen LogP contribution in [0.4, 0.5) is 0 Å². The molecule has 0 atom stereocenters. The SMILES string of the molecule is C.CCC1(COCCCCCCc2ccc(-c3ccc(-c4ccc(-c5ccc(CCCCCCOCC6(CC)COC6)cc5)s4)s3)cc2)COC1. The van der Waals surface area contributed by atoms with Gasteiger partial charge in [0.05, 0.1) is 39.6 Å². The summed E-state index contributed by atoms with van der Waals surface area (Å²) in [6, 6.07) is 27.6. The lowest BCUT2D eigenvalue weighted by Crippen LogP contribution is -2.45. The molecule has 4 nitrogen and oxygen atoms in total. The molecule has 6 heteroatoms. The predicted molar refractivity (Wildman–Crippen MR) is 218 cm³/mol. The van der Waals surface area contributed by atoms with Gasteiger partial charge in [0.2, 0.25) is 0 Å². The molecule has 0 amide bonds. The van der Waals surface area contributed by atoms with Crippen molar-refractivity contribution >= 4 is 22.7 Å². The standard InChI is InChI=1S/C44H58O4S2.CH4/c1-3-43(31-47-32-43)29-45-27-11-7-5-9-13-35-15-19-37(20-16-35)39-23-25-41(49-39)42-26-24-40(50-42)38-21-17-36(18-22-38)14-10-6-8-12-28-46-30-44(4-2)33-48-34-44;/h15-26H,3-14,27-34H2,1-2H3;1H4. The summed E-state index contributed by atoms with van der Waals surface area (Å²) in [7, 11) is 0. The van der Waals surface area contributed by atoms with Crippen LogP contribution in [0.5, 0.6) is 0 Å². The zero-order valence-corrected chi connectivity index (χ0v) is 32.2. The first-order valence-corrected chi connectivity index (χ1v) is 20.9. The molecule has 2 fully saturated rings. The van der Waals surface area contributed by atoms with Crippen molar-refractivity contribution in [2.75, 3.05) is 52.9 Å². The van der Waals surface area contributed by atoms with Crippen LogP contribution in [-0.2, 0) is 31.8 Å². The average molecular weight is 731 g/mol. The summed E-state index contributed by atoms with van der Waals surface area (Å²) in [5, 5.41) is 0. The Bertz CT molecular complexity index is 1420. The lowest BCUT2D eigenvalue weighted by Gasteiger charge is -2.40. The first-order chi connectivity index (χ1) is 24.6. The Labute approximate surface area is 316 Å². The highest BCUT2D eigenvalue weighted by atomic mass is 32.1. The molecule has 2 aromatic heterocycles. The molecule has 278 valence electrons. The van der Waals surface area contributed by atoms with Crippen molar-refractivity contribution in [2.24, 2.45) is 10.8 Å². The molecule has 0 saturated carbocycles. The molecule has 0 aliphatic carbocycles. The van der Waals surface area contributed by atoms with E-state index in [2.05, 4.69) is 86.6 Å². The fourth-order valence-corrected chi connectivity index (χ4v) is 8.95. The lowest BCUT2D eigenvalue weighted by atomic mass is 9.84. The molecule has 0 N–H and O–H groups in total. The quantitative estimate of drug-likeness (QED) is 0.0712. The van der Waals surface area contributed by atoms with Gasteiger partial charge in [-0.05, 0) is 97.9 Å². The maximum absolute atomic E-state index is 5.96. The average Bonchev–Trinajstić information content (AvgIpc) is 3.81. The van der Waals surface area contributed by atoms with E-state index in [-0.39, 0.29) is 7.43 Å². The van der Waals surface area contributed by atoms with Crippen LogP contribution in [0.25, 0.3) is 30.6 Å². The minimum atomic E-state index is 0. The van der Waals surface area contributed by atoms with Crippen LogP contribution in [0.3, 0.4) is 0 Å². The second kappa shape index (κ2) is 20.2. The van der Waals surface area contributed by atoms with Crippen LogP contribution in [0.15, 0.2) is 72.8 Å². The van der Waals surface area contributed by atoms with Crippen LogP contribution in [0.2, 0.25) is 0 Å². The first kappa shape index (κ1) is 39.9. The fourth-order valence-electron chi connectivity index (χ4n) is 6.83. The molecule has 2 aromatic carbocycles. The van der Waals surface area contributed by atoms with Crippen LogP contribution in [0, 0.1) is 10.8 Å². The molecular weight excluding hydrogens is 669 g/mol. The number of hydrogen-bond acceptors (Lipinski definition) is 6. The minimum absolute atomic E-state index is 0. The molecule has 2 aliphatic heterocycles. The third-order valence-corrected chi connectivity index (χ3v) is 13.4. The van der Waals surface area contributed by atoms with Gasteiger partial charge in [0, 0.05) is 43.6 Å². The molecule has 0 unspecified atom stereocenters. The van der Waals surface area contributed by atoms with Crippen molar-refractivity contribution in [1.29, 1.82) is 0 Å². The van der Waals surface area contributed by atoms with Gasteiger partial charge in [0.15, 0.2) is 0 Å². The van der Waals surface area contributed by atoms with Crippen LogP contribution in [-0.4, -0.2) is 52.9 Å². The van der Waals surface area contributed by atoms with Gasteiger partial charge in [0.1, 0.15) is 0 Å². The largest absolute Gasteiger partial charge is 0.381 e. The van der Waals surface area contributed by atoms with E-state index < -0.39 is 0 Å². The molecule has 51 heavy (non-hydrogen) atoms. The molecule has 6 rings (SSSR count). The van der Waals surface area contributed by atoms with Crippen LogP contribution >= 0.6 is 22.7 Å². The van der Waals surface area contributed by atoms with Gasteiger partial charge in [-0.15, -0.1) is 22.7 Å². The summed E-state index contributed by atoms with van der Waals surface area (Å²) < 4.78 is 22.7. The Hall–Kier alpha value is -2.32. The normalized spacial score (nSPS) is 16.0. The van der Waals surface area contributed by atoms with Crippen molar-refractivity contribution in [3.8, 4) is 30.6 Å². The molecule has 0 radical (unpaired) electrons. The number of benzene rings is 2. The van der Waals surface area contributed by atoms with Crippen molar-refractivity contribution < 1.29 is 18.9 Å². The van der Waals surface area contributed by atoms with E-state index in [9.17, 15) is 0 Å². The van der Waals surface area contributed by atoms with Crippen molar-refractivity contribution in [1.82, 2.24) is 0 Å². The number of unbranched alkanes of at least 4 members (excludes halogenated alkanes) is 6. The van der Waals surface area contributed by atoms with Gasteiger partial charge >= 0.3 is 0 Å². The minimum Gasteiger partial charge on any atom is -0.381 e. The third kappa shape index (κ3) is 11.3. The monoisotopic (exact) mass is 730 g/mol. The Morgan fingerprint density at radius 3 is 1.22 bits per heavy atom. The topological polar surface area (TPSA) is 36.9 Å².